The zero-order chi connectivity index (χ0) is 8.86. The Morgan fingerprint density at radius 1 is 1.25 bits per heavy atom. The second kappa shape index (κ2) is 4.63. The van der Waals surface area contributed by atoms with E-state index in [-0.39, 0.29) is 0 Å². The number of hydrogen-bond acceptors (Lipinski definition) is 2. The van der Waals surface area contributed by atoms with Crippen molar-refractivity contribution in [1.82, 2.24) is 0 Å². The molecule has 12 heavy (non-hydrogen) atoms. The van der Waals surface area contributed by atoms with E-state index in [0.717, 1.165) is 38.5 Å². The van der Waals surface area contributed by atoms with Crippen molar-refractivity contribution in [3.05, 3.63) is 12.2 Å². The van der Waals surface area contributed by atoms with Gasteiger partial charge in [0.1, 0.15) is 0 Å². The molecule has 0 fully saturated rings. The van der Waals surface area contributed by atoms with E-state index >= 15 is 0 Å². The maximum Gasteiger partial charge on any atom is 0.0662 e. The first kappa shape index (κ1) is 9.75. The highest BCUT2D eigenvalue weighted by molar-refractivity contribution is 4.90. The van der Waals surface area contributed by atoms with Gasteiger partial charge in [-0.25, -0.2) is 0 Å². The molecule has 70 valence electrons. The average molecular weight is 169 g/mol. The van der Waals surface area contributed by atoms with Gasteiger partial charge in [-0.1, -0.05) is 12.2 Å². The number of rotatable bonds is 2. The molecule has 1 rings (SSSR count). The van der Waals surface area contributed by atoms with Crippen LogP contribution in [0.2, 0.25) is 0 Å². The van der Waals surface area contributed by atoms with Gasteiger partial charge in [-0.05, 0) is 45.1 Å². The molecule has 0 aromatic rings. The summed E-state index contributed by atoms with van der Waals surface area (Å²) < 4.78 is 0. The fourth-order valence-corrected chi connectivity index (χ4v) is 1.78. The van der Waals surface area contributed by atoms with Crippen molar-refractivity contribution >= 4 is 0 Å². The lowest BCUT2D eigenvalue weighted by Crippen LogP contribution is -2.31. The first-order valence-electron chi connectivity index (χ1n) is 4.84. The van der Waals surface area contributed by atoms with Gasteiger partial charge in [-0.2, -0.15) is 0 Å². The van der Waals surface area contributed by atoms with Crippen LogP contribution in [0.5, 0.6) is 0 Å². The van der Waals surface area contributed by atoms with Gasteiger partial charge in [0.2, 0.25) is 0 Å². The van der Waals surface area contributed by atoms with Crippen molar-refractivity contribution in [2.45, 2.75) is 44.1 Å². The lowest BCUT2D eigenvalue weighted by molar-refractivity contribution is 0.0150. The molecule has 0 aliphatic heterocycles. The molecule has 0 aromatic heterocycles. The predicted octanol–water partition coefficient (Wildman–Crippen LogP) is 1.59. The van der Waals surface area contributed by atoms with Crippen LogP contribution < -0.4 is 5.73 Å². The standard InChI is InChI=1S/C10H19NO/c11-9-8-10(12)6-4-2-1-3-5-7-10/h1-2,12H,3-9,11H2/b2-1-/t10-/m0/s1. The highest BCUT2D eigenvalue weighted by atomic mass is 16.3. The van der Waals surface area contributed by atoms with Gasteiger partial charge < -0.3 is 10.8 Å². The van der Waals surface area contributed by atoms with E-state index in [1.807, 2.05) is 0 Å². The van der Waals surface area contributed by atoms with Crippen LogP contribution in [0.25, 0.3) is 0 Å². The summed E-state index contributed by atoms with van der Waals surface area (Å²) in [4.78, 5) is 0. The van der Waals surface area contributed by atoms with Crippen LogP contribution in [0.1, 0.15) is 38.5 Å². The molecule has 1 aliphatic carbocycles. The third-order valence-electron chi connectivity index (χ3n) is 2.57. The van der Waals surface area contributed by atoms with Crippen LogP contribution in [0.15, 0.2) is 12.2 Å². The largest absolute Gasteiger partial charge is 0.390 e. The third-order valence-corrected chi connectivity index (χ3v) is 2.57. The summed E-state index contributed by atoms with van der Waals surface area (Å²) in [6.07, 6.45) is 10.1. The van der Waals surface area contributed by atoms with Gasteiger partial charge in [0.05, 0.1) is 5.60 Å². The molecule has 2 nitrogen and oxygen atoms in total. The normalized spacial score (nSPS) is 33.8. The van der Waals surface area contributed by atoms with Crippen molar-refractivity contribution in [3.8, 4) is 0 Å². The monoisotopic (exact) mass is 169 g/mol. The second-order valence-electron chi connectivity index (χ2n) is 3.67. The Morgan fingerprint density at radius 3 is 2.75 bits per heavy atom. The van der Waals surface area contributed by atoms with Gasteiger partial charge in [-0.3, -0.25) is 0 Å². The minimum atomic E-state index is -0.473. The quantitative estimate of drug-likeness (QED) is 0.617. The lowest BCUT2D eigenvalue weighted by Gasteiger charge is -2.28. The van der Waals surface area contributed by atoms with Gasteiger partial charge in [-0.15, -0.1) is 0 Å². The van der Waals surface area contributed by atoms with E-state index in [0.29, 0.717) is 6.54 Å². The maximum absolute atomic E-state index is 10.1. The smallest absolute Gasteiger partial charge is 0.0662 e. The van der Waals surface area contributed by atoms with E-state index in [4.69, 9.17) is 5.73 Å². The minimum absolute atomic E-state index is 0.473. The second-order valence-corrected chi connectivity index (χ2v) is 3.67. The molecular formula is C10H19NO. The molecule has 0 unspecified atom stereocenters. The molecule has 0 aromatic carbocycles. The third kappa shape index (κ3) is 2.95. The van der Waals surface area contributed by atoms with E-state index in [9.17, 15) is 5.11 Å². The topological polar surface area (TPSA) is 46.2 Å². The summed E-state index contributed by atoms with van der Waals surface area (Å²) in [5.74, 6) is 0. The fraction of sp³-hybridized carbons (Fsp3) is 0.800. The van der Waals surface area contributed by atoms with Crippen LogP contribution in [-0.2, 0) is 0 Å². The van der Waals surface area contributed by atoms with Crippen LogP contribution in [0.3, 0.4) is 0 Å². The van der Waals surface area contributed by atoms with Crippen LogP contribution in [0, 0.1) is 0 Å². The van der Waals surface area contributed by atoms with Crippen molar-refractivity contribution < 1.29 is 5.11 Å². The zero-order valence-electron chi connectivity index (χ0n) is 7.63. The number of nitrogens with two attached hydrogens (primary N) is 1. The Balaban J connectivity index is 2.45. The maximum atomic E-state index is 10.1. The Kier molecular flexibility index (Phi) is 3.76. The number of allylic oxidation sites excluding steroid dienone is 2. The fourth-order valence-electron chi connectivity index (χ4n) is 1.78. The highest BCUT2D eigenvalue weighted by Gasteiger charge is 2.24. The van der Waals surface area contributed by atoms with E-state index in [1.54, 1.807) is 0 Å². The Labute approximate surface area is 74.5 Å². The van der Waals surface area contributed by atoms with E-state index < -0.39 is 5.60 Å². The molecular weight excluding hydrogens is 150 g/mol. The predicted molar refractivity (Wildman–Crippen MR) is 50.8 cm³/mol. The van der Waals surface area contributed by atoms with Gasteiger partial charge >= 0.3 is 0 Å². The van der Waals surface area contributed by atoms with Gasteiger partial charge in [0, 0.05) is 0 Å². The molecule has 0 amide bonds. The molecule has 0 spiro atoms. The van der Waals surface area contributed by atoms with Gasteiger partial charge in [0.25, 0.3) is 0 Å². The summed E-state index contributed by atoms with van der Waals surface area (Å²) in [5, 5.41) is 10.1. The molecule has 0 saturated heterocycles. The first-order chi connectivity index (χ1) is 5.77. The van der Waals surface area contributed by atoms with Crippen molar-refractivity contribution in [3.63, 3.8) is 0 Å². The van der Waals surface area contributed by atoms with Crippen LogP contribution in [-0.4, -0.2) is 17.3 Å². The molecule has 0 bridgehead atoms. The molecule has 1 atom stereocenters. The van der Waals surface area contributed by atoms with E-state index in [2.05, 4.69) is 12.2 Å². The SMILES string of the molecule is NCC[C@]1(O)CC/C=C\CCC1. The highest BCUT2D eigenvalue weighted by Crippen LogP contribution is 2.25. The van der Waals surface area contributed by atoms with E-state index in [1.165, 1.54) is 0 Å². The molecule has 0 saturated carbocycles. The molecule has 3 N–H and O–H groups in total. The summed E-state index contributed by atoms with van der Waals surface area (Å²) in [6.45, 7) is 0.597. The first-order valence-corrected chi connectivity index (χ1v) is 4.84. The molecule has 0 radical (unpaired) electrons. The summed E-state index contributed by atoms with van der Waals surface area (Å²) in [6, 6.07) is 0. The van der Waals surface area contributed by atoms with Crippen molar-refractivity contribution in [2.75, 3.05) is 6.54 Å². The molecule has 2 heteroatoms. The summed E-state index contributed by atoms with van der Waals surface area (Å²) in [7, 11) is 0. The van der Waals surface area contributed by atoms with Crippen molar-refractivity contribution in [1.29, 1.82) is 0 Å². The molecule has 1 aliphatic rings. The van der Waals surface area contributed by atoms with Crippen LogP contribution >= 0.6 is 0 Å². The number of hydrogen-bond donors (Lipinski definition) is 2. The summed E-state index contributed by atoms with van der Waals surface area (Å²) in [5.41, 5.74) is 4.98. The minimum Gasteiger partial charge on any atom is -0.390 e. The Bertz CT molecular complexity index is 156. The average Bonchev–Trinajstić information content (AvgIpc) is 1.99. The zero-order valence-corrected chi connectivity index (χ0v) is 7.63. The Hall–Kier alpha value is -0.340. The van der Waals surface area contributed by atoms with Crippen molar-refractivity contribution in [2.24, 2.45) is 5.73 Å². The number of aliphatic hydroxyl groups is 1. The van der Waals surface area contributed by atoms with Crippen LogP contribution in [0.4, 0.5) is 0 Å². The van der Waals surface area contributed by atoms with Gasteiger partial charge in [0.15, 0.2) is 0 Å². The lowest BCUT2D eigenvalue weighted by atomic mass is 9.87. The summed E-state index contributed by atoms with van der Waals surface area (Å²) >= 11 is 0. The molecule has 0 heterocycles. The Morgan fingerprint density at radius 2 is 2.00 bits per heavy atom.